The Hall–Kier alpha value is -2.02. The normalized spacial score (nSPS) is 11.5. The van der Waals surface area contributed by atoms with Crippen molar-refractivity contribution in [3.8, 4) is 6.07 Å². The standard InChI is InChI=1S/C12H15N3O/c1-9(8-12(16)15-7-6-13)10-2-4-11(14)5-3-10/h2-5,9H,7-8,14H2,1H3,(H,15,16). The highest BCUT2D eigenvalue weighted by Gasteiger charge is 2.10. The highest BCUT2D eigenvalue weighted by atomic mass is 16.1. The first-order chi connectivity index (χ1) is 7.63. The Balaban J connectivity index is 2.52. The molecular formula is C12H15N3O. The van der Waals surface area contributed by atoms with Gasteiger partial charge in [-0.2, -0.15) is 5.26 Å². The summed E-state index contributed by atoms with van der Waals surface area (Å²) >= 11 is 0. The van der Waals surface area contributed by atoms with Crippen LogP contribution in [0.15, 0.2) is 24.3 Å². The number of nitrogens with two attached hydrogens (primary N) is 1. The van der Waals surface area contributed by atoms with Crippen molar-refractivity contribution in [3.63, 3.8) is 0 Å². The second-order valence-corrected chi connectivity index (χ2v) is 3.71. The molecule has 1 aromatic rings. The van der Waals surface area contributed by atoms with Crippen molar-refractivity contribution in [1.82, 2.24) is 5.32 Å². The van der Waals surface area contributed by atoms with E-state index < -0.39 is 0 Å². The molecule has 0 saturated heterocycles. The van der Waals surface area contributed by atoms with Gasteiger partial charge in [-0.1, -0.05) is 19.1 Å². The largest absolute Gasteiger partial charge is 0.399 e. The van der Waals surface area contributed by atoms with Crippen LogP contribution >= 0.6 is 0 Å². The summed E-state index contributed by atoms with van der Waals surface area (Å²) in [5.74, 6) is 0.0187. The van der Waals surface area contributed by atoms with Crippen LogP contribution in [-0.2, 0) is 4.79 Å². The van der Waals surface area contributed by atoms with E-state index >= 15 is 0 Å². The minimum atomic E-state index is -0.106. The minimum absolute atomic E-state index is 0.0628. The molecule has 1 amide bonds. The lowest BCUT2D eigenvalue weighted by Gasteiger charge is -2.11. The van der Waals surface area contributed by atoms with E-state index in [9.17, 15) is 4.79 Å². The number of hydrogen-bond donors (Lipinski definition) is 2. The van der Waals surface area contributed by atoms with E-state index in [0.29, 0.717) is 12.1 Å². The molecule has 1 atom stereocenters. The monoisotopic (exact) mass is 217 g/mol. The van der Waals surface area contributed by atoms with Gasteiger partial charge in [0, 0.05) is 12.1 Å². The molecule has 4 heteroatoms. The van der Waals surface area contributed by atoms with Gasteiger partial charge in [0.15, 0.2) is 0 Å². The zero-order valence-electron chi connectivity index (χ0n) is 9.23. The summed E-state index contributed by atoms with van der Waals surface area (Å²) in [6.45, 7) is 2.03. The maximum absolute atomic E-state index is 11.4. The predicted octanol–water partition coefficient (Wildman–Crippen LogP) is 1.40. The molecule has 0 aliphatic heterocycles. The fraction of sp³-hybridized carbons (Fsp3) is 0.333. The Morgan fingerprint density at radius 2 is 2.12 bits per heavy atom. The molecule has 0 aliphatic rings. The number of benzene rings is 1. The number of anilines is 1. The second kappa shape index (κ2) is 5.76. The SMILES string of the molecule is CC(CC(=O)NCC#N)c1ccc(N)cc1. The molecule has 0 fully saturated rings. The molecule has 84 valence electrons. The highest BCUT2D eigenvalue weighted by molar-refractivity contribution is 5.77. The van der Waals surface area contributed by atoms with Crippen molar-refractivity contribution >= 4 is 11.6 Å². The summed E-state index contributed by atoms with van der Waals surface area (Å²) in [7, 11) is 0. The molecule has 1 unspecified atom stereocenters. The van der Waals surface area contributed by atoms with Crippen LogP contribution in [0, 0.1) is 11.3 Å². The molecule has 0 heterocycles. The summed E-state index contributed by atoms with van der Waals surface area (Å²) in [6, 6.07) is 9.34. The summed E-state index contributed by atoms with van der Waals surface area (Å²) in [4.78, 5) is 11.4. The minimum Gasteiger partial charge on any atom is -0.399 e. The van der Waals surface area contributed by atoms with Gasteiger partial charge in [0.1, 0.15) is 6.54 Å². The molecule has 1 aromatic carbocycles. The number of carbonyl (C=O) groups excluding carboxylic acids is 1. The molecule has 0 radical (unpaired) electrons. The third-order valence-corrected chi connectivity index (χ3v) is 2.36. The van der Waals surface area contributed by atoms with Crippen LogP contribution in [0.1, 0.15) is 24.8 Å². The Morgan fingerprint density at radius 1 is 1.50 bits per heavy atom. The third kappa shape index (κ3) is 3.62. The van der Waals surface area contributed by atoms with Gasteiger partial charge in [-0.15, -0.1) is 0 Å². The number of nitrogens with zero attached hydrogens (tertiary/aromatic N) is 1. The van der Waals surface area contributed by atoms with Crippen molar-refractivity contribution < 1.29 is 4.79 Å². The predicted molar refractivity (Wildman–Crippen MR) is 62.5 cm³/mol. The lowest BCUT2D eigenvalue weighted by molar-refractivity contribution is -0.121. The number of amides is 1. The smallest absolute Gasteiger partial charge is 0.221 e. The van der Waals surface area contributed by atoms with Crippen LogP contribution in [0.4, 0.5) is 5.69 Å². The first kappa shape index (κ1) is 12.1. The Kier molecular flexibility index (Phi) is 4.34. The van der Waals surface area contributed by atoms with Gasteiger partial charge in [0.05, 0.1) is 6.07 Å². The van der Waals surface area contributed by atoms with E-state index in [4.69, 9.17) is 11.0 Å². The molecule has 0 aliphatic carbocycles. The molecule has 16 heavy (non-hydrogen) atoms. The van der Waals surface area contributed by atoms with Crippen molar-refractivity contribution in [3.05, 3.63) is 29.8 Å². The summed E-state index contributed by atoms with van der Waals surface area (Å²) in [6.07, 6.45) is 0.381. The van der Waals surface area contributed by atoms with Crippen molar-refractivity contribution in [2.75, 3.05) is 12.3 Å². The average Bonchev–Trinajstić information content (AvgIpc) is 2.27. The lowest BCUT2D eigenvalue weighted by Crippen LogP contribution is -2.24. The Bertz CT molecular complexity index is 392. The Morgan fingerprint density at radius 3 is 2.69 bits per heavy atom. The fourth-order valence-corrected chi connectivity index (χ4v) is 1.43. The third-order valence-electron chi connectivity index (χ3n) is 2.36. The number of nitrogen functional groups attached to an aromatic ring is 1. The molecular weight excluding hydrogens is 202 g/mol. The van der Waals surface area contributed by atoms with Gasteiger partial charge in [-0.25, -0.2) is 0 Å². The highest BCUT2D eigenvalue weighted by Crippen LogP contribution is 2.19. The van der Waals surface area contributed by atoms with Crippen molar-refractivity contribution in [2.24, 2.45) is 0 Å². The number of carbonyl (C=O) groups is 1. The zero-order chi connectivity index (χ0) is 12.0. The van der Waals surface area contributed by atoms with E-state index in [1.165, 1.54) is 0 Å². The second-order valence-electron chi connectivity index (χ2n) is 3.71. The van der Waals surface area contributed by atoms with E-state index in [-0.39, 0.29) is 18.4 Å². The van der Waals surface area contributed by atoms with Crippen LogP contribution in [0.5, 0.6) is 0 Å². The van der Waals surface area contributed by atoms with Crippen LogP contribution in [-0.4, -0.2) is 12.5 Å². The number of nitriles is 1. The molecule has 1 rings (SSSR count). The summed E-state index contributed by atoms with van der Waals surface area (Å²) in [5.41, 5.74) is 7.36. The van der Waals surface area contributed by atoms with Gasteiger partial charge in [0.2, 0.25) is 5.91 Å². The van der Waals surface area contributed by atoms with Crippen LogP contribution in [0.3, 0.4) is 0 Å². The van der Waals surface area contributed by atoms with Gasteiger partial charge in [0.25, 0.3) is 0 Å². The first-order valence-electron chi connectivity index (χ1n) is 5.12. The molecule has 0 spiro atoms. The van der Waals surface area contributed by atoms with E-state index in [2.05, 4.69) is 5.32 Å². The van der Waals surface area contributed by atoms with E-state index in [1.807, 2.05) is 37.3 Å². The maximum atomic E-state index is 11.4. The van der Waals surface area contributed by atoms with Gasteiger partial charge in [-0.3, -0.25) is 4.79 Å². The molecule has 0 saturated carbocycles. The first-order valence-corrected chi connectivity index (χ1v) is 5.12. The molecule has 3 N–H and O–H groups in total. The maximum Gasteiger partial charge on any atom is 0.221 e. The van der Waals surface area contributed by atoms with Gasteiger partial charge < -0.3 is 11.1 Å². The zero-order valence-corrected chi connectivity index (χ0v) is 9.23. The quantitative estimate of drug-likeness (QED) is 0.591. The number of hydrogen-bond acceptors (Lipinski definition) is 3. The van der Waals surface area contributed by atoms with Crippen LogP contribution in [0.25, 0.3) is 0 Å². The molecule has 0 aromatic heterocycles. The van der Waals surface area contributed by atoms with Gasteiger partial charge >= 0.3 is 0 Å². The molecule has 4 nitrogen and oxygen atoms in total. The molecule has 0 bridgehead atoms. The topological polar surface area (TPSA) is 78.9 Å². The number of rotatable bonds is 4. The summed E-state index contributed by atoms with van der Waals surface area (Å²) in [5, 5.41) is 10.8. The van der Waals surface area contributed by atoms with Crippen molar-refractivity contribution in [1.29, 1.82) is 5.26 Å². The van der Waals surface area contributed by atoms with Gasteiger partial charge in [-0.05, 0) is 23.6 Å². The van der Waals surface area contributed by atoms with Crippen LogP contribution in [0.2, 0.25) is 0 Å². The fourth-order valence-electron chi connectivity index (χ4n) is 1.43. The van der Waals surface area contributed by atoms with Crippen molar-refractivity contribution in [2.45, 2.75) is 19.3 Å². The average molecular weight is 217 g/mol. The van der Waals surface area contributed by atoms with Crippen LogP contribution < -0.4 is 11.1 Å². The van der Waals surface area contributed by atoms with E-state index in [0.717, 1.165) is 5.56 Å². The Labute approximate surface area is 95.1 Å². The van der Waals surface area contributed by atoms with E-state index in [1.54, 1.807) is 0 Å². The lowest BCUT2D eigenvalue weighted by atomic mass is 9.97. The number of nitrogens with one attached hydrogen (secondary N) is 1. The summed E-state index contributed by atoms with van der Waals surface area (Å²) < 4.78 is 0.